The van der Waals surface area contributed by atoms with Crippen molar-refractivity contribution in [2.24, 2.45) is 0 Å². The van der Waals surface area contributed by atoms with Crippen LogP contribution < -0.4 is 5.32 Å². The number of nitrogens with zero attached hydrogens (tertiary/aromatic N) is 4. The summed E-state index contributed by atoms with van der Waals surface area (Å²) in [6.45, 7) is 4.96. The van der Waals surface area contributed by atoms with Gasteiger partial charge in [0.05, 0.1) is 11.3 Å². The predicted molar refractivity (Wildman–Crippen MR) is 96.0 cm³/mol. The lowest BCUT2D eigenvalue weighted by atomic mass is 10.0. The van der Waals surface area contributed by atoms with E-state index in [-0.39, 0.29) is 11.9 Å². The van der Waals surface area contributed by atoms with Crippen molar-refractivity contribution in [3.8, 4) is 0 Å². The van der Waals surface area contributed by atoms with Crippen LogP contribution in [0.3, 0.4) is 0 Å². The number of aromatic nitrogens is 3. The highest BCUT2D eigenvalue weighted by atomic mass is 16.1. The van der Waals surface area contributed by atoms with Crippen LogP contribution in [0, 0.1) is 0 Å². The van der Waals surface area contributed by atoms with E-state index in [0.29, 0.717) is 5.56 Å². The number of amides is 1. The van der Waals surface area contributed by atoms with Crippen molar-refractivity contribution in [1.82, 2.24) is 25.2 Å². The molecule has 0 aliphatic carbocycles. The molecule has 0 radical (unpaired) electrons. The largest absolute Gasteiger partial charge is 0.349 e. The number of nitrogens with one attached hydrogen (secondary N) is 1. The van der Waals surface area contributed by atoms with E-state index in [1.807, 2.05) is 12.3 Å². The lowest BCUT2D eigenvalue weighted by molar-refractivity contribution is 0.0907. The molecule has 2 aromatic heterocycles. The van der Waals surface area contributed by atoms with Crippen molar-refractivity contribution in [2.45, 2.75) is 45.2 Å². The van der Waals surface area contributed by atoms with Gasteiger partial charge in [0.2, 0.25) is 0 Å². The summed E-state index contributed by atoms with van der Waals surface area (Å²) in [7, 11) is 0. The molecule has 0 bridgehead atoms. The Bertz CT molecular complexity index is 683. The molecule has 3 rings (SSSR count). The number of pyridine rings is 1. The van der Waals surface area contributed by atoms with Crippen LogP contribution in [0.15, 0.2) is 37.1 Å². The zero-order valence-electron chi connectivity index (χ0n) is 14.7. The summed E-state index contributed by atoms with van der Waals surface area (Å²) in [5, 5.41) is 3.16. The second kappa shape index (κ2) is 8.67. The molecule has 1 aliphatic rings. The molecular formula is C19H25N5O. The summed E-state index contributed by atoms with van der Waals surface area (Å²) in [6, 6.07) is 4.29. The Kier molecular flexibility index (Phi) is 6.06. The number of rotatable bonds is 6. The number of hydrogen-bond donors (Lipinski definition) is 1. The van der Waals surface area contributed by atoms with Gasteiger partial charge >= 0.3 is 0 Å². The van der Waals surface area contributed by atoms with Crippen LogP contribution in [-0.2, 0) is 13.0 Å². The van der Waals surface area contributed by atoms with Crippen LogP contribution in [0.1, 0.15) is 47.8 Å². The zero-order valence-corrected chi connectivity index (χ0v) is 14.7. The van der Waals surface area contributed by atoms with Crippen LogP contribution in [0.5, 0.6) is 0 Å². The molecule has 1 N–H and O–H groups in total. The molecule has 0 unspecified atom stereocenters. The maximum Gasteiger partial charge on any atom is 0.254 e. The monoisotopic (exact) mass is 339 g/mol. The lowest BCUT2D eigenvalue weighted by Crippen LogP contribution is -2.44. The van der Waals surface area contributed by atoms with Crippen molar-refractivity contribution >= 4 is 5.91 Å². The van der Waals surface area contributed by atoms with Gasteiger partial charge in [-0.1, -0.05) is 19.4 Å². The molecule has 0 atom stereocenters. The van der Waals surface area contributed by atoms with Gasteiger partial charge in [-0.2, -0.15) is 0 Å². The third kappa shape index (κ3) is 4.82. The van der Waals surface area contributed by atoms with Gasteiger partial charge in [-0.3, -0.25) is 14.7 Å². The van der Waals surface area contributed by atoms with E-state index in [1.165, 1.54) is 11.9 Å². The average molecular weight is 339 g/mol. The molecule has 1 fully saturated rings. The molecule has 6 heteroatoms. The fraction of sp³-hybridized carbons (Fsp3) is 0.474. The first kappa shape index (κ1) is 17.5. The van der Waals surface area contributed by atoms with E-state index >= 15 is 0 Å². The Morgan fingerprint density at radius 2 is 2.12 bits per heavy atom. The molecular weight excluding hydrogens is 314 g/mol. The van der Waals surface area contributed by atoms with Gasteiger partial charge in [0.25, 0.3) is 5.91 Å². The van der Waals surface area contributed by atoms with Gasteiger partial charge in [0.15, 0.2) is 0 Å². The minimum absolute atomic E-state index is 0.0465. The highest BCUT2D eigenvalue weighted by Gasteiger charge is 2.22. The Morgan fingerprint density at radius 3 is 2.84 bits per heavy atom. The number of likely N-dealkylation sites (tertiary alicyclic amines) is 1. The fourth-order valence-electron chi connectivity index (χ4n) is 3.23. The predicted octanol–water partition coefficient (Wildman–Crippen LogP) is 2.22. The third-order valence-corrected chi connectivity index (χ3v) is 4.58. The van der Waals surface area contributed by atoms with Crippen LogP contribution in [0.25, 0.3) is 0 Å². The van der Waals surface area contributed by atoms with Crippen molar-refractivity contribution in [1.29, 1.82) is 0 Å². The minimum Gasteiger partial charge on any atom is -0.349 e. The van der Waals surface area contributed by atoms with Gasteiger partial charge in [-0.05, 0) is 30.9 Å². The molecule has 0 aromatic carbocycles. The van der Waals surface area contributed by atoms with Gasteiger partial charge in [-0.25, -0.2) is 9.97 Å². The van der Waals surface area contributed by atoms with E-state index in [1.54, 1.807) is 12.4 Å². The zero-order chi connectivity index (χ0) is 17.5. The highest BCUT2D eigenvalue weighted by molar-refractivity contribution is 5.95. The first-order chi connectivity index (χ1) is 12.3. The summed E-state index contributed by atoms with van der Waals surface area (Å²) in [6.07, 6.45) is 10.5. The molecule has 1 saturated heterocycles. The Balaban J connectivity index is 1.51. The smallest absolute Gasteiger partial charge is 0.254 e. The summed E-state index contributed by atoms with van der Waals surface area (Å²) < 4.78 is 0. The van der Waals surface area contributed by atoms with Gasteiger partial charge < -0.3 is 5.32 Å². The molecule has 2 aromatic rings. The summed E-state index contributed by atoms with van der Waals surface area (Å²) in [5.74, 6) is -0.0465. The molecule has 6 nitrogen and oxygen atoms in total. The van der Waals surface area contributed by atoms with Gasteiger partial charge in [0.1, 0.15) is 6.33 Å². The summed E-state index contributed by atoms with van der Waals surface area (Å²) >= 11 is 0. The molecule has 132 valence electrons. The Labute approximate surface area is 148 Å². The van der Waals surface area contributed by atoms with Crippen molar-refractivity contribution in [3.05, 3.63) is 53.9 Å². The Morgan fingerprint density at radius 1 is 1.28 bits per heavy atom. The maximum absolute atomic E-state index is 12.6. The van der Waals surface area contributed by atoms with Crippen molar-refractivity contribution in [2.75, 3.05) is 13.1 Å². The fourth-order valence-corrected chi connectivity index (χ4v) is 3.23. The molecule has 0 saturated carbocycles. The lowest BCUT2D eigenvalue weighted by Gasteiger charge is -2.32. The average Bonchev–Trinajstić information content (AvgIpc) is 2.65. The van der Waals surface area contributed by atoms with Gasteiger partial charge in [0, 0.05) is 44.3 Å². The normalized spacial score (nSPS) is 15.9. The Hall–Kier alpha value is -2.34. The first-order valence-electron chi connectivity index (χ1n) is 8.97. The number of piperidine rings is 1. The molecule has 3 heterocycles. The van der Waals surface area contributed by atoms with E-state index in [4.69, 9.17) is 0 Å². The maximum atomic E-state index is 12.6. The van der Waals surface area contributed by atoms with Crippen LogP contribution in [-0.4, -0.2) is 44.9 Å². The molecule has 1 amide bonds. The van der Waals surface area contributed by atoms with E-state index in [9.17, 15) is 4.79 Å². The molecule has 0 spiro atoms. The van der Waals surface area contributed by atoms with E-state index in [2.05, 4.69) is 38.2 Å². The first-order valence-corrected chi connectivity index (χ1v) is 8.97. The van der Waals surface area contributed by atoms with Crippen molar-refractivity contribution in [3.63, 3.8) is 0 Å². The van der Waals surface area contributed by atoms with E-state index < -0.39 is 0 Å². The number of hydrogen-bond acceptors (Lipinski definition) is 5. The van der Waals surface area contributed by atoms with Crippen LogP contribution in [0.2, 0.25) is 0 Å². The van der Waals surface area contributed by atoms with Crippen LogP contribution in [0.4, 0.5) is 0 Å². The molecule has 25 heavy (non-hydrogen) atoms. The van der Waals surface area contributed by atoms with Crippen LogP contribution >= 0.6 is 0 Å². The second-order valence-electron chi connectivity index (χ2n) is 6.52. The van der Waals surface area contributed by atoms with Gasteiger partial charge in [-0.15, -0.1) is 0 Å². The van der Waals surface area contributed by atoms with E-state index in [0.717, 1.165) is 51.0 Å². The standard InChI is InChI=1S/C19H25N5O/c1-2-4-18-17(12-21-14-22-18)19(25)23-16-6-9-24(10-7-16)13-15-5-3-8-20-11-15/h3,5,8,11-12,14,16H,2,4,6-7,9-10,13H2,1H3,(H,23,25). The number of carbonyl (C=O) groups excluding carboxylic acids is 1. The number of aryl methyl sites for hydroxylation is 1. The summed E-state index contributed by atoms with van der Waals surface area (Å²) in [4.78, 5) is 27.4. The SMILES string of the molecule is CCCc1ncncc1C(=O)NC1CCN(Cc2cccnc2)CC1. The summed E-state index contributed by atoms with van der Waals surface area (Å²) in [5.41, 5.74) is 2.68. The van der Waals surface area contributed by atoms with Crippen molar-refractivity contribution < 1.29 is 4.79 Å². The third-order valence-electron chi connectivity index (χ3n) is 4.58. The quantitative estimate of drug-likeness (QED) is 0.874. The number of carbonyl (C=O) groups is 1. The second-order valence-corrected chi connectivity index (χ2v) is 6.52. The molecule has 1 aliphatic heterocycles. The highest BCUT2D eigenvalue weighted by Crippen LogP contribution is 2.15. The topological polar surface area (TPSA) is 71.0 Å². The minimum atomic E-state index is -0.0465.